The summed E-state index contributed by atoms with van der Waals surface area (Å²) < 4.78 is 15.6. The molecule has 1 aromatic carbocycles. The van der Waals surface area contributed by atoms with Gasteiger partial charge in [-0.3, -0.25) is 9.58 Å². The van der Waals surface area contributed by atoms with E-state index in [1.165, 1.54) is 6.07 Å². The van der Waals surface area contributed by atoms with E-state index < -0.39 is 11.8 Å². The van der Waals surface area contributed by atoms with Gasteiger partial charge in [0.25, 0.3) is 0 Å². The zero-order chi connectivity index (χ0) is 17.5. The lowest BCUT2D eigenvalue weighted by Gasteiger charge is -2.29. The molecule has 5 nitrogen and oxygen atoms in total. The van der Waals surface area contributed by atoms with Gasteiger partial charge in [0, 0.05) is 31.4 Å². The molecule has 1 aromatic heterocycles. The predicted molar refractivity (Wildman–Crippen MR) is 88.4 cm³/mol. The zero-order valence-electron chi connectivity index (χ0n) is 14.2. The molecule has 0 fully saturated rings. The second kappa shape index (κ2) is 6.02. The summed E-state index contributed by atoms with van der Waals surface area (Å²) in [6.07, 6.45) is 4.50. The second-order valence-electron chi connectivity index (χ2n) is 7.32. The van der Waals surface area contributed by atoms with Crippen molar-refractivity contribution >= 4 is 5.97 Å². The summed E-state index contributed by atoms with van der Waals surface area (Å²) in [7, 11) is 0. The first-order chi connectivity index (χ1) is 11.2. The highest BCUT2D eigenvalue weighted by atomic mass is 19.1. The van der Waals surface area contributed by atoms with Crippen LogP contribution >= 0.6 is 0 Å². The second-order valence-corrected chi connectivity index (χ2v) is 7.32. The van der Waals surface area contributed by atoms with Crippen LogP contribution in [0.3, 0.4) is 0 Å². The number of halogens is 1. The van der Waals surface area contributed by atoms with Gasteiger partial charge in [-0.1, -0.05) is 0 Å². The minimum absolute atomic E-state index is 0.0632. The van der Waals surface area contributed by atoms with Gasteiger partial charge in [-0.15, -0.1) is 0 Å². The SMILES string of the molecule is CC(C)(C)n1cc(CN2CCc3c(cc(F)cc3C(=O)O)C2)cn1. The standard InChI is InChI=1S/C18H22FN3O2/c1-18(2,3)22-10-12(8-20-22)9-21-5-4-15-13(11-21)6-14(19)7-16(15)17(23)24/h6-8,10H,4-5,9,11H2,1-3H3,(H,23,24). The lowest BCUT2D eigenvalue weighted by Crippen LogP contribution is -2.31. The van der Waals surface area contributed by atoms with Gasteiger partial charge in [0.2, 0.25) is 0 Å². The van der Waals surface area contributed by atoms with Crippen molar-refractivity contribution in [3.8, 4) is 0 Å². The highest BCUT2D eigenvalue weighted by Crippen LogP contribution is 2.25. The maximum Gasteiger partial charge on any atom is 0.336 e. The topological polar surface area (TPSA) is 58.4 Å². The van der Waals surface area contributed by atoms with Gasteiger partial charge >= 0.3 is 5.97 Å². The van der Waals surface area contributed by atoms with Crippen molar-refractivity contribution in [1.82, 2.24) is 14.7 Å². The van der Waals surface area contributed by atoms with Crippen molar-refractivity contribution in [2.75, 3.05) is 6.54 Å². The highest BCUT2D eigenvalue weighted by molar-refractivity contribution is 5.90. The van der Waals surface area contributed by atoms with Crippen molar-refractivity contribution < 1.29 is 14.3 Å². The Morgan fingerprint density at radius 1 is 1.38 bits per heavy atom. The number of carbonyl (C=O) groups is 1. The quantitative estimate of drug-likeness (QED) is 0.939. The molecule has 2 heterocycles. The van der Waals surface area contributed by atoms with Gasteiger partial charge in [0.15, 0.2) is 0 Å². The van der Waals surface area contributed by atoms with Crippen LogP contribution in [0.15, 0.2) is 24.5 Å². The van der Waals surface area contributed by atoms with Gasteiger partial charge < -0.3 is 5.11 Å². The zero-order valence-corrected chi connectivity index (χ0v) is 14.2. The van der Waals surface area contributed by atoms with E-state index in [0.717, 1.165) is 29.3 Å². The predicted octanol–water partition coefficient (Wildman–Crippen LogP) is 3.03. The van der Waals surface area contributed by atoms with Gasteiger partial charge in [0.1, 0.15) is 5.82 Å². The van der Waals surface area contributed by atoms with E-state index in [9.17, 15) is 14.3 Å². The normalized spacial score (nSPS) is 15.3. The van der Waals surface area contributed by atoms with E-state index in [-0.39, 0.29) is 11.1 Å². The molecule has 0 unspecified atom stereocenters. The summed E-state index contributed by atoms with van der Waals surface area (Å²) in [6, 6.07) is 2.57. The fraction of sp³-hybridized carbons (Fsp3) is 0.444. The van der Waals surface area contributed by atoms with Crippen molar-refractivity contribution in [3.05, 3.63) is 52.6 Å². The van der Waals surface area contributed by atoms with E-state index in [1.807, 2.05) is 17.1 Å². The number of rotatable bonds is 3. The van der Waals surface area contributed by atoms with E-state index in [4.69, 9.17) is 0 Å². The highest BCUT2D eigenvalue weighted by Gasteiger charge is 2.23. The Morgan fingerprint density at radius 2 is 2.12 bits per heavy atom. The van der Waals surface area contributed by atoms with E-state index in [0.29, 0.717) is 19.5 Å². The maximum absolute atomic E-state index is 13.7. The van der Waals surface area contributed by atoms with Crippen LogP contribution in [-0.4, -0.2) is 32.3 Å². The van der Waals surface area contributed by atoms with E-state index in [1.54, 1.807) is 0 Å². The fourth-order valence-electron chi connectivity index (χ4n) is 3.11. The van der Waals surface area contributed by atoms with Crippen molar-refractivity contribution in [1.29, 1.82) is 0 Å². The number of hydrogen-bond donors (Lipinski definition) is 1. The Labute approximate surface area is 140 Å². The van der Waals surface area contributed by atoms with Crippen molar-refractivity contribution in [2.45, 2.75) is 45.8 Å². The molecular formula is C18H22FN3O2. The molecule has 0 saturated heterocycles. The third-order valence-corrected chi connectivity index (χ3v) is 4.34. The van der Waals surface area contributed by atoms with Crippen LogP contribution in [0.25, 0.3) is 0 Å². The lowest BCUT2D eigenvalue weighted by molar-refractivity contribution is 0.0694. The number of fused-ring (bicyclic) bond motifs is 1. The molecule has 0 aliphatic carbocycles. The van der Waals surface area contributed by atoms with Crippen molar-refractivity contribution in [2.24, 2.45) is 0 Å². The number of nitrogens with zero attached hydrogens (tertiary/aromatic N) is 3. The van der Waals surface area contributed by atoms with Crippen LogP contribution in [0.4, 0.5) is 4.39 Å². The maximum atomic E-state index is 13.7. The van der Waals surface area contributed by atoms with Gasteiger partial charge in [0.05, 0.1) is 17.3 Å². The molecule has 0 amide bonds. The molecular weight excluding hydrogens is 309 g/mol. The smallest absolute Gasteiger partial charge is 0.336 e. The first kappa shape index (κ1) is 16.6. The van der Waals surface area contributed by atoms with Gasteiger partial charge in [-0.25, -0.2) is 9.18 Å². The summed E-state index contributed by atoms with van der Waals surface area (Å²) in [6.45, 7) is 8.30. The Balaban J connectivity index is 1.78. The van der Waals surface area contributed by atoms with Crippen LogP contribution in [0.1, 0.15) is 47.8 Å². The Hall–Kier alpha value is -2.21. The molecule has 2 aromatic rings. The molecule has 1 aliphatic heterocycles. The average molecular weight is 331 g/mol. The average Bonchev–Trinajstić information content (AvgIpc) is 2.94. The molecule has 0 radical (unpaired) electrons. The molecule has 3 rings (SSSR count). The molecule has 1 N–H and O–H groups in total. The molecule has 6 heteroatoms. The number of benzene rings is 1. The molecule has 0 saturated carbocycles. The number of carboxylic acid groups (broad SMARTS) is 1. The Bertz CT molecular complexity index is 777. The number of aromatic nitrogens is 2. The molecule has 24 heavy (non-hydrogen) atoms. The summed E-state index contributed by atoms with van der Waals surface area (Å²) >= 11 is 0. The van der Waals surface area contributed by atoms with Gasteiger partial charge in [-0.2, -0.15) is 5.10 Å². The minimum atomic E-state index is -1.06. The summed E-state index contributed by atoms with van der Waals surface area (Å²) in [5, 5.41) is 13.7. The molecule has 0 bridgehead atoms. The van der Waals surface area contributed by atoms with Crippen LogP contribution in [0.5, 0.6) is 0 Å². The Kier molecular flexibility index (Phi) is 4.17. The molecule has 1 aliphatic rings. The van der Waals surface area contributed by atoms with Crippen LogP contribution in [0, 0.1) is 5.82 Å². The molecule has 0 spiro atoms. The first-order valence-electron chi connectivity index (χ1n) is 8.05. The van der Waals surface area contributed by atoms with Crippen LogP contribution in [0.2, 0.25) is 0 Å². The molecule has 0 atom stereocenters. The Morgan fingerprint density at radius 3 is 2.75 bits per heavy atom. The van der Waals surface area contributed by atoms with Gasteiger partial charge in [-0.05, 0) is 50.5 Å². The molecule has 128 valence electrons. The lowest BCUT2D eigenvalue weighted by atomic mass is 9.94. The fourth-order valence-corrected chi connectivity index (χ4v) is 3.11. The summed E-state index contributed by atoms with van der Waals surface area (Å²) in [5.41, 5.74) is 2.65. The van der Waals surface area contributed by atoms with E-state index in [2.05, 4.69) is 30.8 Å². The summed E-state index contributed by atoms with van der Waals surface area (Å²) in [5.74, 6) is -1.56. The monoisotopic (exact) mass is 331 g/mol. The minimum Gasteiger partial charge on any atom is -0.478 e. The van der Waals surface area contributed by atoms with Crippen LogP contribution < -0.4 is 0 Å². The van der Waals surface area contributed by atoms with Crippen LogP contribution in [-0.2, 0) is 25.0 Å². The largest absolute Gasteiger partial charge is 0.478 e. The van der Waals surface area contributed by atoms with E-state index >= 15 is 0 Å². The third-order valence-electron chi connectivity index (χ3n) is 4.34. The third kappa shape index (κ3) is 3.33. The number of hydrogen-bond acceptors (Lipinski definition) is 3. The summed E-state index contributed by atoms with van der Waals surface area (Å²) in [4.78, 5) is 13.5. The first-order valence-corrected chi connectivity index (χ1v) is 8.05. The number of carboxylic acids is 1. The number of aromatic carboxylic acids is 1. The van der Waals surface area contributed by atoms with Crippen molar-refractivity contribution in [3.63, 3.8) is 0 Å².